The molecule has 0 saturated carbocycles. The fourth-order valence-corrected chi connectivity index (χ4v) is 2.46. The molecule has 0 aromatic heterocycles. The summed E-state index contributed by atoms with van der Waals surface area (Å²) in [5, 5.41) is 11.8. The lowest BCUT2D eigenvalue weighted by atomic mass is 9.95. The first-order valence-electron chi connectivity index (χ1n) is 6.74. The first-order chi connectivity index (χ1) is 9.47. The van der Waals surface area contributed by atoms with E-state index in [4.69, 9.17) is 9.84 Å². The maximum absolute atomic E-state index is 12.2. The maximum Gasteiger partial charge on any atom is 0.335 e. The number of carbonyl (C=O) groups excluding carboxylic acids is 1. The van der Waals surface area contributed by atoms with Crippen LogP contribution in [0.1, 0.15) is 35.7 Å². The second kappa shape index (κ2) is 6.05. The molecule has 1 aromatic carbocycles. The standard InChI is InChI=1S/C15H19NO4/c1-9-7-12(3-4-13(9)15(18)19)16-14(17)11-5-6-20-10(2)8-11/h3-4,7,10-11H,5-6,8H2,1-2H3,(H,16,17)(H,18,19). The first-order valence-corrected chi connectivity index (χ1v) is 6.74. The van der Waals surface area contributed by atoms with Crippen molar-refractivity contribution in [1.82, 2.24) is 0 Å². The van der Waals surface area contributed by atoms with E-state index in [9.17, 15) is 9.59 Å². The molecule has 0 spiro atoms. The number of nitrogens with one attached hydrogen (secondary N) is 1. The van der Waals surface area contributed by atoms with Crippen molar-refractivity contribution >= 4 is 17.6 Å². The lowest BCUT2D eigenvalue weighted by molar-refractivity contribution is -0.124. The van der Waals surface area contributed by atoms with Crippen LogP contribution in [0.4, 0.5) is 5.69 Å². The van der Waals surface area contributed by atoms with Gasteiger partial charge in [-0.1, -0.05) is 0 Å². The molecule has 108 valence electrons. The molecule has 2 rings (SSSR count). The number of aromatic carboxylic acids is 1. The van der Waals surface area contributed by atoms with Gasteiger partial charge in [-0.3, -0.25) is 4.79 Å². The molecule has 1 aliphatic heterocycles. The third-order valence-corrected chi connectivity index (χ3v) is 3.58. The topological polar surface area (TPSA) is 75.6 Å². The van der Waals surface area contributed by atoms with Gasteiger partial charge < -0.3 is 15.2 Å². The molecule has 1 amide bonds. The highest BCUT2D eigenvalue weighted by molar-refractivity contribution is 5.94. The number of carboxylic acid groups (broad SMARTS) is 1. The Morgan fingerprint density at radius 2 is 2.15 bits per heavy atom. The van der Waals surface area contributed by atoms with Crippen molar-refractivity contribution in [3.63, 3.8) is 0 Å². The third kappa shape index (κ3) is 3.36. The normalized spacial score (nSPS) is 22.3. The summed E-state index contributed by atoms with van der Waals surface area (Å²) in [5.41, 5.74) is 1.52. The summed E-state index contributed by atoms with van der Waals surface area (Å²) >= 11 is 0. The number of ether oxygens (including phenoxy) is 1. The summed E-state index contributed by atoms with van der Waals surface area (Å²) in [4.78, 5) is 23.1. The van der Waals surface area contributed by atoms with Crippen LogP contribution in [0.25, 0.3) is 0 Å². The van der Waals surface area contributed by atoms with E-state index in [1.165, 1.54) is 6.07 Å². The number of hydrogen-bond donors (Lipinski definition) is 2. The van der Waals surface area contributed by atoms with Crippen LogP contribution >= 0.6 is 0 Å². The summed E-state index contributed by atoms with van der Waals surface area (Å²) in [6, 6.07) is 4.82. The lowest BCUT2D eigenvalue weighted by Crippen LogP contribution is -2.32. The van der Waals surface area contributed by atoms with Gasteiger partial charge in [-0.15, -0.1) is 0 Å². The Hall–Kier alpha value is -1.88. The summed E-state index contributed by atoms with van der Waals surface area (Å²) in [5.74, 6) is -1.03. The van der Waals surface area contributed by atoms with E-state index >= 15 is 0 Å². The zero-order chi connectivity index (χ0) is 14.7. The van der Waals surface area contributed by atoms with E-state index in [1.54, 1.807) is 19.1 Å². The van der Waals surface area contributed by atoms with E-state index in [-0.39, 0.29) is 23.5 Å². The molecule has 5 nitrogen and oxygen atoms in total. The zero-order valence-electron chi connectivity index (χ0n) is 11.7. The molecule has 5 heteroatoms. The SMILES string of the molecule is Cc1cc(NC(=O)C2CCOC(C)C2)ccc1C(=O)O. The van der Waals surface area contributed by atoms with Crippen molar-refractivity contribution in [3.8, 4) is 0 Å². The fourth-order valence-electron chi connectivity index (χ4n) is 2.46. The van der Waals surface area contributed by atoms with Crippen LogP contribution in [-0.4, -0.2) is 29.7 Å². The number of rotatable bonds is 3. The number of anilines is 1. The van der Waals surface area contributed by atoms with Crippen LogP contribution in [0.3, 0.4) is 0 Å². The average Bonchev–Trinajstić information content (AvgIpc) is 2.38. The molecule has 0 aliphatic carbocycles. The molecule has 1 fully saturated rings. The van der Waals surface area contributed by atoms with Gasteiger partial charge in [0, 0.05) is 18.2 Å². The van der Waals surface area contributed by atoms with Crippen molar-refractivity contribution in [3.05, 3.63) is 29.3 Å². The van der Waals surface area contributed by atoms with Crippen LogP contribution < -0.4 is 5.32 Å². The van der Waals surface area contributed by atoms with Crippen molar-refractivity contribution in [2.45, 2.75) is 32.8 Å². The molecule has 2 N–H and O–H groups in total. The summed E-state index contributed by atoms with van der Waals surface area (Å²) < 4.78 is 5.42. The number of carboxylic acids is 1. The van der Waals surface area contributed by atoms with E-state index in [0.29, 0.717) is 17.9 Å². The van der Waals surface area contributed by atoms with Crippen molar-refractivity contribution in [2.24, 2.45) is 5.92 Å². The highest BCUT2D eigenvalue weighted by atomic mass is 16.5. The minimum Gasteiger partial charge on any atom is -0.478 e. The van der Waals surface area contributed by atoms with Crippen LogP contribution in [0, 0.1) is 12.8 Å². The summed E-state index contributed by atoms with van der Waals surface area (Å²) in [6.07, 6.45) is 1.55. The quantitative estimate of drug-likeness (QED) is 0.889. The molecule has 2 atom stereocenters. The molecule has 2 unspecified atom stereocenters. The maximum atomic E-state index is 12.2. The molecule has 0 bridgehead atoms. The smallest absolute Gasteiger partial charge is 0.335 e. The van der Waals surface area contributed by atoms with Gasteiger partial charge in [0.25, 0.3) is 0 Å². The first kappa shape index (κ1) is 14.5. The number of amides is 1. The van der Waals surface area contributed by atoms with Crippen LogP contribution in [0.15, 0.2) is 18.2 Å². The van der Waals surface area contributed by atoms with E-state index < -0.39 is 5.97 Å². The highest BCUT2D eigenvalue weighted by Gasteiger charge is 2.25. The second-order valence-electron chi connectivity index (χ2n) is 5.23. The van der Waals surface area contributed by atoms with E-state index in [1.807, 2.05) is 6.92 Å². The Balaban J connectivity index is 2.04. The highest BCUT2D eigenvalue weighted by Crippen LogP contribution is 2.22. The molecular formula is C15H19NO4. The molecular weight excluding hydrogens is 258 g/mol. The van der Waals surface area contributed by atoms with Crippen molar-refractivity contribution in [1.29, 1.82) is 0 Å². The van der Waals surface area contributed by atoms with E-state index in [0.717, 1.165) is 12.8 Å². The Bertz CT molecular complexity index is 527. The van der Waals surface area contributed by atoms with E-state index in [2.05, 4.69) is 5.32 Å². The fraction of sp³-hybridized carbons (Fsp3) is 0.467. The predicted molar refractivity (Wildman–Crippen MR) is 74.9 cm³/mol. The van der Waals surface area contributed by atoms with Gasteiger partial charge in [0.05, 0.1) is 11.7 Å². The Morgan fingerprint density at radius 3 is 2.75 bits per heavy atom. The second-order valence-corrected chi connectivity index (χ2v) is 5.23. The Labute approximate surface area is 117 Å². The Kier molecular flexibility index (Phi) is 4.39. The largest absolute Gasteiger partial charge is 0.478 e. The van der Waals surface area contributed by atoms with Crippen LogP contribution in [0.2, 0.25) is 0 Å². The van der Waals surface area contributed by atoms with Crippen LogP contribution in [0.5, 0.6) is 0 Å². The van der Waals surface area contributed by atoms with Crippen LogP contribution in [-0.2, 0) is 9.53 Å². The van der Waals surface area contributed by atoms with Gasteiger partial charge in [-0.2, -0.15) is 0 Å². The predicted octanol–water partition coefficient (Wildman–Crippen LogP) is 2.45. The van der Waals surface area contributed by atoms with Gasteiger partial charge >= 0.3 is 5.97 Å². The molecule has 1 aliphatic rings. The van der Waals surface area contributed by atoms with Gasteiger partial charge in [0.1, 0.15) is 0 Å². The van der Waals surface area contributed by atoms with Gasteiger partial charge in [0.2, 0.25) is 5.91 Å². The summed E-state index contributed by atoms with van der Waals surface area (Å²) in [7, 11) is 0. The minimum atomic E-state index is -0.960. The Morgan fingerprint density at radius 1 is 1.40 bits per heavy atom. The van der Waals surface area contributed by atoms with Gasteiger partial charge in [0.15, 0.2) is 0 Å². The summed E-state index contributed by atoms with van der Waals surface area (Å²) in [6.45, 7) is 4.29. The zero-order valence-corrected chi connectivity index (χ0v) is 11.7. The molecule has 1 heterocycles. The van der Waals surface area contributed by atoms with Crippen molar-refractivity contribution in [2.75, 3.05) is 11.9 Å². The number of aryl methyl sites for hydroxylation is 1. The molecule has 1 aromatic rings. The monoisotopic (exact) mass is 277 g/mol. The third-order valence-electron chi connectivity index (χ3n) is 3.58. The molecule has 20 heavy (non-hydrogen) atoms. The number of carbonyl (C=O) groups is 2. The van der Waals surface area contributed by atoms with Gasteiger partial charge in [-0.25, -0.2) is 4.79 Å². The minimum absolute atomic E-state index is 0.0253. The average molecular weight is 277 g/mol. The molecule has 0 radical (unpaired) electrons. The number of benzene rings is 1. The van der Waals surface area contributed by atoms with Gasteiger partial charge in [-0.05, 0) is 50.5 Å². The molecule has 1 saturated heterocycles. The lowest BCUT2D eigenvalue weighted by Gasteiger charge is -2.26. The number of hydrogen-bond acceptors (Lipinski definition) is 3. The van der Waals surface area contributed by atoms with Crippen molar-refractivity contribution < 1.29 is 19.4 Å².